The Balaban J connectivity index is 2.42. The third kappa shape index (κ3) is 2.29. The summed E-state index contributed by atoms with van der Waals surface area (Å²) in [5, 5.41) is 7.57. The Morgan fingerprint density at radius 2 is 2.35 bits per heavy atom. The van der Waals surface area contributed by atoms with Crippen LogP contribution in [0.15, 0.2) is 12.4 Å². The second-order valence-corrected chi connectivity index (χ2v) is 4.10. The summed E-state index contributed by atoms with van der Waals surface area (Å²) >= 11 is 1.20. The average molecular weight is 253 g/mol. The van der Waals surface area contributed by atoms with Gasteiger partial charge in [0.25, 0.3) is 0 Å². The van der Waals surface area contributed by atoms with Crippen LogP contribution in [0.5, 0.6) is 5.75 Å². The third-order valence-corrected chi connectivity index (χ3v) is 3.02. The molecule has 2 aromatic heterocycles. The van der Waals surface area contributed by atoms with Crippen molar-refractivity contribution in [3.63, 3.8) is 0 Å². The topological polar surface area (TPSA) is 64.9 Å². The summed E-state index contributed by atoms with van der Waals surface area (Å²) < 4.78 is 15.4. The van der Waals surface area contributed by atoms with E-state index in [0.29, 0.717) is 0 Å². The minimum Gasteiger partial charge on any atom is -0.493 e. The Morgan fingerprint density at radius 1 is 1.53 bits per heavy atom. The minimum absolute atomic E-state index is 0.0406. The van der Waals surface area contributed by atoms with Crippen LogP contribution in [0.1, 0.15) is 24.4 Å². The molecule has 0 amide bonds. The van der Waals surface area contributed by atoms with Crippen molar-refractivity contribution in [2.45, 2.75) is 13.0 Å². The molecule has 0 radical (unpaired) electrons. The van der Waals surface area contributed by atoms with E-state index in [9.17, 15) is 0 Å². The van der Waals surface area contributed by atoms with Gasteiger partial charge in [0.15, 0.2) is 5.75 Å². The van der Waals surface area contributed by atoms with Crippen molar-refractivity contribution in [1.29, 1.82) is 0 Å². The van der Waals surface area contributed by atoms with Crippen molar-refractivity contribution in [3.8, 4) is 5.75 Å². The highest BCUT2D eigenvalue weighted by atomic mass is 32.1. The van der Waals surface area contributed by atoms with Crippen LogP contribution in [-0.4, -0.2) is 32.2 Å². The summed E-state index contributed by atoms with van der Waals surface area (Å²) in [6, 6.07) is -0.0406. The molecule has 6 nitrogen and oxygen atoms in total. The van der Waals surface area contributed by atoms with Crippen LogP contribution in [0, 0.1) is 0 Å². The molecule has 0 saturated carbocycles. The molecule has 1 N–H and O–H groups in total. The highest BCUT2D eigenvalue weighted by molar-refractivity contribution is 6.99. The van der Waals surface area contributed by atoms with Crippen molar-refractivity contribution >= 4 is 11.7 Å². The van der Waals surface area contributed by atoms with Crippen LogP contribution in [-0.2, 0) is 7.05 Å². The van der Waals surface area contributed by atoms with Crippen LogP contribution in [0.3, 0.4) is 0 Å². The van der Waals surface area contributed by atoms with Gasteiger partial charge in [0, 0.05) is 7.05 Å². The van der Waals surface area contributed by atoms with Crippen LogP contribution >= 0.6 is 11.7 Å². The first-order chi connectivity index (χ1) is 8.27. The summed E-state index contributed by atoms with van der Waals surface area (Å²) in [7, 11) is 3.53. The zero-order valence-electron chi connectivity index (χ0n) is 10.0. The number of ether oxygens (including phenoxy) is 1. The first-order valence-electron chi connectivity index (χ1n) is 5.34. The molecule has 0 aromatic carbocycles. The van der Waals surface area contributed by atoms with Gasteiger partial charge in [-0.3, -0.25) is 4.68 Å². The standard InChI is InChI=1S/C10H15N5OS/c1-4-11-9(7-5-13-17-14-7)10-8(16-3)6-12-15(10)2/h5-6,9,11H,4H2,1-3H3. The van der Waals surface area contributed by atoms with Gasteiger partial charge in [-0.25, -0.2) is 0 Å². The Kier molecular flexibility index (Phi) is 3.70. The van der Waals surface area contributed by atoms with Gasteiger partial charge in [-0.05, 0) is 6.54 Å². The predicted molar refractivity (Wildman–Crippen MR) is 65.2 cm³/mol. The van der Waals surface area contributed by atoms with E-state index in [1.165, 1.54) is 11.7 Å². The summed E-state index contributed by atoms with van der Waals surface area (Å²) in [6.07, 6.45) is 3.48. The molecule has 2 aromatic rings. The molecule has 17 heavy (non-hydrogen) atoms. The molecule has 2 heterocycles. The third-order valence-electron chi connectivity index (χ3n) is 2.52. The highest BCUT2D eigenvalue weighted by Crippen LogP contribution is 2.28. The molecule has 2 rings (SSSR count). The molecule has 1 atom stereocenters. The van der Waals surface area contributed by atoms with E-state index in [2.05, 4.69) is 26.1 Å². The van der Waals surface area contributed by atoms with E-state index in [1.807, 2.05) is 7.05 Å². The van der Waals surface area contributed by atoms with Gasteiger partial charge >= 0.3 is 0 Å². The number of hydrogen-bond donors (Lipinski definition) is 1. The first kappa shape index (κ1) is 12.0. The lowest BCUT2D eigenvalue weighted by Gasteiger charge is -2.16. The maximum atomic E-state index is 5.32. The fraction of sp³-hybridized carbons (Fsp3) is 0.500. The van der Waals surface area contributed by atoms with Gasteiger partial charge in [-0.1, -0.05) is 6.92 Å². The lowest BCUT2D eigenvalue weighted by atomic mass is 10.1. The largest absolute Gasteiger partial charge is 0.493 e. The number of aryl methyl sites for hydroxylation is 1. The first-order valence-corrected chi connectivity index (χ1v) is 6.07. The lowest BCUT2D eigenvalue weighted by molar-refractivity contribution is 0.400. The fourth-order valence-corrected chi connectivity index (χ4v) is 2.21. The molecule has 0 aliphatic carbocycles. The zero-order valence-corrected chi connectivity index (χ0v) is 10.9. The molecule has 0 fully saturated rings. The zero-order chi connectivity index (χ0) is 12.3. The molecule has 7 heteroatoms. The van der Waals surface area contributed by atoms with Crippen LogP contribution < -0.4 is 10.1 Å². The number of hydrogen-bond acceptors (Lipinski definition) is 6. The number of nitrogens with one attached hydrogen (secondary N) is 1. The van der Waals surface area contributed by atoms with E-state index in [1.54, 1.807) is 24.2 Å². The smallest absolute Gasteiger partial charge is 0.161 e. The van der Waals surface area contributed by atoms with E-state index in [0.717, 1.165) is 23.7 Å². The van der Waals surface area contributed by atoms with Gasteiger partial charge in [0.2, 0.25) is 0 Å². The highest BCUT2D eigenvalue weighted by Gasteiger charge is 2.23. The van der Waals surface area contributed by atoms with Crippen molar-refractivity contribution in [3.05, 3.63) is 23.8 Å². The van der Waals surface area contributed by atoms with Gasteiger partial charge in [0.1, 0.15) is 5.69 Å². The van der Waals surface area contributed by atoms with E-state index < -0.39 is 0 Å². The number of aromatic nitrogens is 4. The summed E-state index contributed by atoms with van der Waals surface area (Å²) in [6.45, 7) is 2.88. The predicted octanol–water partition coefficient (Wildman–Crippen LogP) is 0.979. The Morgan fingerprint density at radius 3 is 2.94 bits per heavy atom. The molecular formula is C10H15N5OS. The van der Waals surface area contributed by atoms with Gasteiger partial charge < -0.3 is 10.1 Å². The second kappa shape index (κ2) is 5.24. The average Bonchev–Trinajstić information content (AvgIpc) is 2.95. The SMILES string of the molecule is CCNC(c1cnsn1)c1c(OC)cnn1C. The van der Waals surface area contributed by atoms with Crippen molar-refractivity contribution in [2.75, 3.05) is 13.7 Å². The normalized spacial score (nSPS) is 12.6. The number of rotatable bonds is 5. The molecule has 0 aliphatic heterocycles. The van der Waals surface area contributed by atoms with Crippen molar-refractivity contribution in [2.24, 2.45) is 7.05 Å². The van der Waals surface area contributed by atoms with E-state index in [-0.39, 0.29) is 6.04 Å². The lowest BCUT2D eigenvalue weighted by Crippen LogP contribution is -2.25. The summed E-state index contributed by atoms with van der Waals surface area (Å²) in [4.78, 5) is 0. The Bertz CT molecular complexity index is 467. The van der Waals surface area contributed by atoms with Crippen LogP contribution in [0.2, 0.25) is 0 Å². The molecular weight excluding hydrogens is 238 g/mol. The molecule has 0 aliphatic rings. The van der Waals surface area contributed by atoms with E-state index >= 15 is 0 Å². The van der Waals surface area contributed by atoms with Gasteiger partial charge in [-0.15, -0.1) is 0 Å². The molecule has 0 saturated heterocycles. The monoisotopic (exact) mass is 253 g/mol. The molecule has 1 unspecified atom stereocenters. The second-order valence-electron chi connectivity index (χ2n) is 3.54. The van der Waals surface area contributed by atoms with Gasteiger partial charge in [0.05, 0.1) is 43.0 Å². The maximum absolute atomic E-state index is 5.32. The molecule has 0 bridgehead atoms. The maximum Gasteiger partial charge on any atom is 0.161 e. The van der Waals surface area contributed by atoms with Crippen molar-refractivity contribution < 1.29 is 4.74 Å². The minimum atomic E-state index is -0.0406. The molecule has 0 spiro atoms. The Hall–Kier alpha value is -1.47. The summed E-state index contributed by atoms with van der Waals surface area (Å²) in [5.74, 6) is 0.756. The number of methoxy groups -OCH3 is 1. The molecule has 92 valence electrons. The number of nitrogens with zero attached hydrogens (tertiary/aromatic N) is 4. The van der Waals surface area contributed by atoms with Crippen LogP contribution in [0.4, 0.5) is 0 Å². The van der Waals surface area contributed by atoms with Crippen LogP contribution in [0.25, 0.3) is 0 Å². The quantitative estimate of drug-likeness (QED) is 0.860. The van der Waals surface area contributed by atoms with Gasteiger partial charge in [-0.2, -0.15) is 13.8 Å². The summed E-state index contributed by atoms with van der Waals surface area (Å²) in [5.41, 5.74) is 1.85. The van der Waals surface area contributed by atoms with E-state index in [4.69, 9.17) is 4.74 Å². The fourth-order valence-electron chi connectivity index (χ4n) is 1.76. The Labute approximate surface area is 104 Å². The van der Waals surface area contributed by atoms with Crippen molar-refractivity contribution in [1.82, 2.24) is 23.8 Å².